The van der Waals surface area contributed by atoms with Gasteiger partial charge < -0.3 is 15.6 Å². The highest BCUT2D eigenvalue weighted by atomic mass is 15.3. The Labute approximate surface area is 114 Å². The van der Waals surface area contributed by atoms with Gasteiger partial charge in [0, 0.05) is 25.2 Å². The van der Waals surface area contributed by atoms with Crippen molar-refractivity contribution in [3.8, 4) is 0 Å². The Hall–Kier alpha value is -1.40. The van der Waals surface area contributed by atoms with Gasteiger partial charge in [-0.1, -0.05) is 6.42 Å². The van der Waals surface area contributed by atoms with Gasteiger partial charge in [-0.25, -0.2) is 15.8 Å². The minimum absolute atomic E-state index is 0.627. The standard InChI is InChI=1S/C13H24N6/c1-11-5-2-3-7-19(11)8-4-6-15-12-9-13(18-14)17-10-16-12/h9-11H,2-8,14H2,1H3,(H2,15,16,17,18). The van der Waals surface area contributed by atoms with Crippen LogP contribution in [0.15, 0.2) is 12.4 Å². The Balaban J connectivity index is 1.68. The lowest BCUT2D eigenvalue weighted by molar-refractivity contribution is 0.160. The lowest BCUT2D eigenvalue weighted by Gasteiger charge is -2.33. The summed E-state index contributed by atoms with van der Waals surface area (Å²) in [6.07, 6.45) is 6.69. The van der Waals surface area contributed by atoms with Crippen molar-refractivity contribution in [2.75, 3.05) is 30.4 Å². The largest absolute Gasteiger partial charge is 0.370 e. The van der Waals surface area contributed by atoms with E-state index in [2.05, 4.69) is 32.5 Å². The molecule has 1 fully saturated rings. The Morgan fingerprint density at radius 2 is 2.21 bits per heavy atom. The average Bonchev–Trinajstić information content (AvgIpc) is 2.45. The summed E-state index contributed by atoms with van der Waals surface area (Å²) in [5, 5.41) is 3.30. The van der Waals surface area contributed by atoms with Crippen molar-refractivity contribution in [2.45, 2.75) is 38.6 Å². The van der Waals surface area contributed by atoms with Crippen molar-refractivity contribution < 1.29 is 0 Å². The van der Waals surface area contributed by atoms with Gasteiger partial charge in [-0.3, -0.25) is 0 Å². The Kier molecular flexibility index (Phi) is 5.35. The van der Waals surface area contributed by atoms with E-state index in [1.165, 1.54) is 32.1 Å². The molecule has 0 aromatic carbocycles. The van der Waals surface area contributed by atoms with E-state index < -0.39 is 0 Å². The first-order valence-corrected chi connectivity index (χ1v) is 7.06. The molecule has 6 heteroatoms. The molecule has 1 unspecified atom stereocenters. The Morgan fingerprint density at radius 1 is 1.37 bits per heavy atom. The summed E-state index contributed by atoms with van der Waals surface area (Å²) < 4.78 is 0. The fourth-order valence-electron chi connectivity index (χ4n) is 2.52. The number of hydrazine groups is 1. The summed E-state index contributed by atoms with van der Waals surface area (Å²) >= 11 is 0. The van der Waals surface area contributed by atoms with Gasteiger partial charge in [0.2, 0.25) is 0 Å². The topological polar surface area (TPSA) is 79.1 Å². The van der Waals surface area contributed by atoms with Gasteiger partial charge >= 0.3 is 0 Å². The van der Waals surface area contributed by atoms with Crippen molar-refractivity contribution in [3.05, 3.63) is 12.4 Å². The molecular formula is C13H24N6. The molecule has 1 aromatic rings. The number of nitrogens with two attached hydrogens (primary N) is 1. The zero-order valence-electron chi connectivity index (χ0n) is 11.6. The van der Waals surface area contributed by atoms with Crippen LogP contribution in [0.4, 0.5) is 11.6 Å². The molecule has 1 aromatic heterocycles. The van der Waals surface area contributed by atoms with Crippen LogP contribution in [0.1, 0.15) is 32.6 Å². The van der Waals surface area contributed by atoms with Crippen molar-refractivity contribution >= 4 is 11.6 Å². The summed E-state index contributed by atoms with van der Waals surface area (Å²) in [5.41, 5.74) is 2.52. The molecule has 0 spiro atoms. The van der Waals surface area contributed by atoms with Crippen LogP contribution in [0.2, 0.25) is 0 Å². The van der Waals surface area contributed by atoms with Crippen molar-refractivity contribution in [3.63, 3.8) is 0 Å². The molecule has 2 heterocycles. The molecule has 6 nitrogen and oxygen atoms in total. The molecule has 1 saturated heterocycles. The maximum atomic E-state index is 5.31. The van der Waals surface area contributed by atoms with Crippen LogP contribution >= 0.6 is 0 Å². The lowest BCUT2D eigenvalue weighted by Crippen LogP contribution is -2.38. The van der Waals surface area contributed by atoms with Gasteiger partial charge in [0.1, 0.15) is 18.0 Å². The molecule has 0 amide bonds. The van der Waals surface area contributed by atoms with Crippen LogP contribution in [0, 0.1) is 0 Å². The summed E-state index contributed by atoms with van der Waals surface area (Å²) in [6.45, 7) is 5.65. The van der Waals surface area contributed by atoms with E-state index >= 15 is 0 Å². The average molecular weight is 264 g/mol. The van der Waals surface area contributed by atoms with Gasteiger partial charge in [0.15, 0.2) is 0 Å². The van der Waals surface area contributed by atoms with Crippen LogP contribution in [-0.4, -0.2) is 40.5 Å². The second kappa shape index (κ2) is 7.25. The molecule has 1 atom stereocenters. The number of anilines is 2. The zero-order chi connectivity index (χ0) is 13.5. The second-order valence-corrected chi connectivity index (χ2v) is 5.09. The lowest BCUT2D eigenvalue weighted by atomic mass is 10.0. The van der Waals surface area contributed by atoms with Crippen LogP contribution in [0.5, 0.6) is 0 Å². The van der Waals surface area contributed by atoms with E-state index in [1.807, 2.05) is 6.07 Å². The molecule has 0 aliphatic carbocycles. The first-order chi connectivity index (χ1) is 9.29. The maximum absolute atomic E-state index is 5.31. The van der Waals surface area contributed by atoms with E-state index in [4.69, 9.17) is 5.84 Å². The quantitative estimate of drug-likeness (QED) is 0.410. The predicted molar refractivity (Wildman–Crippen MR) is 77.8 cm³/mol. The Morgan fingerprint density at radius 3 is 3.00 bits per heavy atom. The minimum Gasteiger partial charge on any atom is -0.370 e. The highest BCUT2D eigenvalue weighted by Crippen LogP contribution is 2.16. The highest BCUT2D eigenvalue weighted by Gasteiger charge is 2.16. The third-order valence-electron chi connectivity index (χ3n) is 3.68. The minimum atomic E-state index is 0.627. The maximum Gasteiger partial charge on any atom is 0.145 e. The summed E-state index contributed by atoms with van der Waals surface area (Å²) in [4.78, 5) is 10.7. The predicted octanol–water partition coefficient (Wildman–Crippen LogP) is 1.44. The monoisotopic (exact) mass is 264 g/mol. The van der Waals surface area contributed by atoms with Gasteiger partial charge in [-0.15, -0.1) is 0 Å². The number of hydrogen-bond acceptors (Lipinski definition) is 6. The molecule has 0 saturated carbocycles. The molecule has 2 rings (SSSR count). The van der Waals surface area contributed by atoms with E-state index in [0.717, 1.165) is 31.4 Å². The smallest absolute Gasteiger partial charge is 0.145 e. The molecule has 106 valence electrons. The first-order valence-electron chi connectivity index (χ1n) is 7.06. The molecule has 1 aliphatic heterocycles. The van der Waals surface area contributed by atoms with Crippen molar-refractivity contribution in [1.29, 1.82) is 0 Å². The third kappa shape index (κ3) is 4.33. The van der Waals surface area contributed by atoms with Crippen LogP contribution in [0.25, 0.3) is 0 Å². The van der Waals surface area contributed by atoms with Crippen LogP contribution in [0.3, 0.4) is 0 Å². The van der Waals surface area contributed by atoms with Crippen LogP contribution in [-0.2, 0) is 0 Å². The number of nitrogens with zero attached hydrogens (tertiary/aromatic N) is 3. The molecule has 19 heavy (non-hydrogen) atoms. The number of rotatable bonds is 6. The fraction of sp³-hybridized carbons (Fsp3) is 0.692. The number of aromatic nitrogens is 2. The molecule has 0 radical (unpaired) electrons. The van der Waals surface area contributed by atoms with E-state index in [0.29, 0.717) is 5.82 Å². The summed E-state index contributed by atoms with van der Waals surface area (Å²) in [5.74, 6) is 6.75. The highest BCUT2D eigenvalue weighted by molar-refractivity contribution is 5.45. The first kappa shape index (κ1) is 14.0. The third-order valence-corrected chi connectivity index (χ3v) is 3.68. The van der Waals surface area contributed by atoms with Gasteiger partial charge in [-0.2, -0.15) is 0 Å². The number of nitrogen functional groups attached to an aromatic ring is 1. The van der Waals surface area contributed by atoms with Gasteiger partial charge in [0.25, 0.3) is 0 Å². The molecule has 0 bridgehead atoms. The van der Waals surface area contributed by atoms with Crippen molar-refractivity contribution in [2.24, 2.45) is 5.84 Å². The van der Waals surface area contributed by atoms with Gasteiger partial charge in [-0.05, 0) is 32.7 Å². The Bertz CT molecular complexity index is 383. The van der Waals surface area contributed by atoms with Gasteiger partial charge in [0.05, 0.1) is 0 Å². The number of piperidine rings is 1. The number of likely N-dealkylation sites (tertiary alicyclic amines) is 1. The summed E-state index contributed by atoms with van der Waals surface area (Å²) in [7, 11) is 0. The van der Waals surface area contributed by atoms with E-state index in [1.54, 1.807) is 0 Å². The number of hydrogen-bond donors (Lipinski definition) is 3. The van der Waals surface area contributed by atoms with E-state index in [-0.39, 0.29) is 0 Å². The molecule has 4 N–H and O–H groups in total. The second-order valence-electron chi connectivity index (χ2n) is 5.09. The summed E-state index contributed by atoms with van der Waals surface area (Å²) in [6, 6.07) is 2.55. The molecule has 1 aliphatic rings. The molecular weight excluding hydrogens is 240 g/mol. The fourth-order valence-corrected chi connectivity index (χ4v) is 2.52. The van der Waals surface area contributed by atoms with E-state index in [9.17, 15) is 0 Å². The normalized spacial score (nSPS) is 20.2. The van der Waals surface area contributed by atoms with Crippen molar-refractivity contribution in [1.82, 2.24) is 14.9 Å². The SMILES string of the molecule is CC1CCCCN1CCCNc1cc(NN)ncn1. The zero-order valence-corrected chi connectivity index (χ0v) is 11.6. The van der Waals surface area contributed by atoms with Crippen LogP contribution < -0.4 is 16.6 Å². The number of nitrogens with one attached hydrogen (secondary N) is 2.